The molecule has 112 valence electrons. The van der Waals surface area contributed by atoms with Crippen molar-refractivity contribution in [2.45, 2.75) is 5.51 Å². The zero-order chi connectivity index (χ0) is 15.5. The van der Waals surface area contributed by atoms with Crippen molar-refractivity contribution < 1.29 is 23.1 Å². The number of hydrogen-bond acceptors (Lipinski definition) is 4. The summed E-state index contributed by atoms with van der Waals surface area (Å²) in [4.78, 5) is 15.0. The lowest BCUT2D eigenvalue weighted by Gasteiger charge is -2.11. The minimum absolute atomic E-state index is 0.0667. The number of aromatic carboxylic acids is 1. The van der Waals surface area contributed by atoms with Gasteiger partial charge < -0.3 is 10.4 Å². The summed E-state index contributed by atoms with van der Waals surface area (Å²) >= 11 is -0.126. The number of benzene rings is 1. The van der Waals surface area contributed by atoms with E-state index in [1.165, 1.54) is 6.07 Å². The van der Waals surface area contributed by atoms with Gasteiger partial charge in [0.1, 0.15) is 0 Å². The lowest BCUT2D eigenvalue weighted by Crippen LogP contribution is -2.11. The number of carboxylic acids is 1. The van der Waals surface area contributed by atoms with E-state index in [-0.39, 0.29) is 29.8 Å². The van der Waals surface area contributed by atoms with Gasteiger partial charge in [0.15, 0.2) is 5.69 Å². The van der Waals surface area contributed by atoms with Gasteiger partial charge in [0, 0.05) is 23.4 Å². The average molecular weight is 316 g/mol. The van der Waals surface area contributed by atoms with Crippen LogP contribution in [0.2, 0.25) is 0 Å². The topological polar surface area (TPSA) is 62.2 Å². The molecule has 8 heteroatoms. The van der Waals surface area contributed by atoms with Gasteiger partial charge in [-0.05, 0) is 23.9 Å². The van der Waals surface area contributed by atoms with Crippen molar-refractivity contribution in [3.8, 4) is 0 Å². The largest absolute Gasteiger partial charge is 0.477 e. The Morgan fingerprint density at radius 3 is 2.71 bits per heavy atom. The maximum absolute atomic E-state index is 12.1. The van der Waals surface area contributed by atoms with Crippen LogP contribution in [0.25, 0.3) is 10.9 Å². The van der Waals surface area contributed by atoms with Crippen LogP contribution in [-0.2, 0) is 0 Å². The fourth-order valence-electron chi connectivity index (χ4n) is 1.78. The summed E-state index contributed by atoms with van der Waals surface area (Å²) in [7, 11) is 0. The molecule has 0 bridgehead atoms. The number of fused-ring (bicyclic) bond motifs is 1. The Kier molecular flexibility index (Phi) is 4.56. The molecular formula is C13H11F3N2O2S. The molecule has 4 nitrogen and oxygen atoms in total. The molecule has 0 fully saturated rings. The minimum Gasteiger partial charge on any atom is -0.477 e. The first kappa shape index (κ1) is 15.4. The van der Waals surface area contributed by atoms with Crippen molar-refractivity contribution in [1.29, 1.82) is 0 Å². The van der Waals surface area contributed by atoms with Gasteiger partial charge in [-0.3, -0.25) is 0 Å². The van der Waals surface area contributed by atoms with E-state index in [1.807, 2.05) is 0 Å². The highest BCUT2D eigenvalue weighted by Crippen LogP contribution is 2.30. The minimum atomic E-state index is -4.27. The Morgan fingerprint density at radius 1 is 1.33 bits per heavy atom. The second kappa shape index (κ2) is 6.21. The monoisotopic (exact) mass is 316 g/mol. The molecular weight excluding hydrogens is 305 g/mol. The van der Waals surface area contributed by atoms with Crippen molar-refractivity contribution in [2.24, 2.45) is 0 Å². The van der Waals surface area contributed by atoms with Gasteiger partial charge in [-0.25, -0.2) is 9.78 Å². The van der Waals surface area contributed by atoms with E-state index < -0.39 is 11.5 Å². The Labute approximate surface area is 122 Å². The van der Waals surface area contributed by atoms with E-state index in [1.54, 1.807) is 24.3 Å². The second-order valence-electron chi connectivity index (χ2n) is 4.10. The Balaban J connectivity index is 2.19. The Morgan fingerprint density at radius 2 is 2.05 bits per heavy atom. The maximum atomic E-state index is 12.1. The van der Waals surface area contributed by atoms with Gasteiger partial charge in [-0.15, -0.1) is 0 Å². The normalized spacial score (nSPS) is 11.6. The third kappa shape index (κ3) is 4.25. The number of alkyl halides is 3. The molecule has 0 spiro atoms. The Bertz CT molecular complexity index is 661. The van der Waals surface area contributed by atoms with Gasteiger partial charge >= 0.3 is 11.5 Å². The number of carbonyl (C=O) groups is 1. The van der Waals surface area contributed by atoms with E-state index in [9.17, 15) is 18.0 Å². The molecule has 0 aliphatic rings. The number of thioether (sulfide) groups is 1. The van der Waals surface area contributed by atoms with Crippen LogP contribution in [0.1, 0.15) is 10.5 Å². The predicted molar refractivity (Wildman–Crippen MR) is 75.7 cm³/mol. The highest BCUT2D eigenvalue weighted by molar-refractivity contribution is 8.00. The summed E-state index contributed by atoms with van der Waals surface area (Å²) in [5, 5.41) is 12.5. The number of nitrogens with zero attached hydrogens (tertiary/aromatic N) is 1. The van der Waals surface area contributed by atoms with E-state index in [4.69, 9.17) is 5.11 Å². The molecule has 2 N–H and O–H groups in total. The highest BCUT2D eigenvalue weighted by Gasteiger charge is 2.27. The molecule has 0 saturated carbocycles. The average Bonchev–Trinajstić information content (AvgIpc) is 2.42. The van der Waals surface area contributed by atoms with Crippen LogP contribution in [0.15, 0.2) is 30.3 Å². The quantitative estimate of drug-likeness (QED) is 0.825. The fraction of sp³-hybridized carbons (Fsp3) is 0.231. The fourth-order valence-corrected chi connectivity index (χ4v) is 2.22. The van der Waals surface area contributed by atoms with Gasteiger partial charge in [0.25, 0.3) is 0 Å². The molecule has 0 aliphatic carbocycles. The molecule has 1 aromatic heterocycles. The summed E-state index contributed by atoms with van der Waals surface area (Å²) in [6, 6.07) is 8.16. The molecule has 2 aromatic rings. The number of para-hydroxylation sites is 1. The van der Waals surface area contributed by atoms with Crippen molar-refractivity contribution in [3.05, 3.63) is 36.0 Å². The first-order valence-electron chi connectivity index (χ1n) is 5.94. The van der Waals surface area contributed by atoms with E-state index in [0.717, 1.165) is 0 Å². The summed E-state index contributed by atoms with van der Waals surface area (Å²) in [6.45, 7) is 0.0667. The molecule has 0 unspecified atom stereocenters. The van der Waals surface area contributed by atoms with Crippen LogP contribution in [0, 0.1) is 0 Å². The number of hydrogen-bond donors (Lipinski definition) is 2. The smallest absolute Gasteiger partial charge is 0.441 e. The predicted octanol–water partition coefficient (Wildman–Crippen LogP) is 3.60. The van der Waals surface area contributed by atoms with Crippen LogP contribution in [0.4, 0.5) is 18.9 Å². The lowest BCUT2D eigenvalue weighted by atomic mass is 10.1. The maximum Gasteiger partial charge on any atom is 0.441 e. The van der Waals surface area contributed by atoms with Crippen molar-refractivity contribution >= 4 is 34.3 Å². The van der Waals surface area contributed by atoms with Crippen LogP contribution in [0.3, 0.4) is 0 Å². The molecule has 1 heterocycles. The van der Waals surface area contributed by atoms with Gasteiger partial charge in [-0.2, -0.15) is 13.2 Å². The molecule has 2 rings (SSSR count). The van der Waals surface area contributed by atoms with E-state index in [2.05, 4.69) is 10.3 Å². The van der Waals surface area contributed by atoms with Crippen molar-refractivity contribution in [1.82, 2.24) is 4.98 Å². The number of nitrogens with one attached hydrogen (secondary N) is 1. The molecule has 0 radical (unpaired) electrons. The van der Waals surface area contributed by atoms with Crippen LogP contribution in [0.5, 0.6) is 0 Å². The highest BCUT2D eigenvalue weighted by atomic mass is 32.2. The number of carboxylic acid groups (broad SMARTS) is 1. The third-order valence-corrected chi connectivity index (χ3v) is 3.35. The van der Waals surface area contributed by atoms with Crippen LogP contribution >= 0.6 is 11.8 Å². The molecule has 21 heavy (non-hydrogen) atoms. The number of rotatable bonds is 5. The molecule has 0 aliphatic heterocycles. The standard InChI is InChI=1S/C13H11F3N2O2S/c14-13(15,16)21-6-5-17-10-7-11(12(19)20)18-9-4-2-1-3-8(9)10/h1-4,7H,5-6H2,(H,17,18)(H,19,20). The van der Waals surface area contributed by atoms with Crippen LogP contribution < -0.4 is 5.32 Å². The lowest BCUT2D eigenvalue weighted by molar-refractivity contribution is -0.0327. The van der Waals surface area contributed by atoms with E-state index in [0.29, 0.717) is 16.6 Å². The third-order valence-electron chi connectivity index (χ3n) is 2.62. The molecule has 0 atom stereocenters. The molecule has 0 saturated heterocycles. The summed E-state index contributed by atoms with van der Waals surface area (Å²) in [5.74, 6) is -1.35. The van der Waals surface area contributed by atoms with Gasteiger partial charge in [0.05, 0.1) is 5.52 Å². The number of pyridine rings is 1. The summed E-state index contributed by atoms with van der Waals surface area (Å²) in [6.07, 6.45) is 0. The number of anilines is 1. The molecule has 1 aromatic carbocycles. The van der Waals surface area contributed by atoms with Crippen molar-refractivity contribution in [3.63, 3.8) is 0 Å². The SMILES string of the molecule is O=C(O)c1cc(NCCSC(F)(F)F)c2ccccc2n1. The first-order valence-corrected chi connectivity index (χ1v) is 6.93. The van der Waals surface area contributed by atoms with E-state index >= 15 is 0 Å². The number of aromatic nitrogens is 1. The summed E-state index contributed by atoms with van der Waals surface area (Å²) in [5.41, 5.74) is -3.49. The second-order valence-corrected chi connectivity index (χ2v) is 5.26. The Hall–Kier alpha value is -1.96. The number of halogens is 3. The molecule has 0 amide bonds. The summed E-state index contributed by atoms with van der Waals surface area (Å²) < 4.78 is 36.2. The van der Waals surface area contributed by atoms with Crippen molar-refractivity contribution in [2.75, 3.05) is 17.6 Å². The van der Waals surface area contributed by atoms with Gasteiger partial charge in [-0.1, -0.05) is 18.2 Å². The zero-order valence-electron chi connectivity index (χ0n) is 10.6. The van der Waals surface area contributed by atoms with Crippen LogP contribution in [-0.4, -0.2) is 33.9 Å². The zero-order valence-corrected chi connectivity index (χ0v) is 11.5. The first-order chi connectivity index (χ1) is 9.87. The van der Waals surface area contributed by atoms with Gasteiger partial charge in [0.2, 0.25) is 0 Å².